The molecule has 0 bridgehead atoms. The molecule has 0 radical (unpaired) electrons. The molecule has 0 atom stereocenters. The fraction of sp³-hybridized carbons (Fsp3) is 0.154. The third-order valence-electron chi connectivity index (χ3n) is 2.61. The van der Waals surface area contributed by atoms with Crippen LogP contribution in [0.2, 0.25) is 0 Å². The second-order valence-electron chi connectivity index (χ2n) is 4.47. The number of para-hydroxylation sites is 2. The normalized spacial score (nSPS) is 12.0. The Labute approximate surface area is 138 Å². The highest BCUT2D eigenvalue weighted by atomic mass is 32.2. The molecule has 0 amide bonds. The Balaban J connectivity index is 2.24. The second kappa shape index (κ2) is 6.69. The van der Waals surface area contributed by atoms with Crippen LogP contribution in [0.25, 0.3) is 0 Å². The number of aromatic carboxylic acids is 1. The predicted molar refractivity (Wildman–Crippen MR) is 80.1 cm³/mol. The van der Waals surface area contributed by atoms with Crippen LogP contribution in [0.15, 0.2) is 39.9 Å². The molecule has 1 aromatic carbocycles. The molecular weight excluding hydrogens is 371 g/mol. The van der Waals surface area contributed by atoms with Crippen LogP contribution in [-0.4, -0.2) is 32.3 Å². The van der Waals surface area contributed by atoms with Crippen LogP contribution in [0.4, 0.5) is 18.9 Å². The van der Waals surface area contributed by atoms with Crippen LogP contribution in [0.3, 0.4) is 0 Å². The van der Waals surface area contributed by atoms with Gasteiger partial charge in [-0.2, -0.15) is 13.2 Å². The minimum Gasteiger partial charge on any atom is -0.482 e. The summed E-state index contributed by atoms with van der Waals surface area (Å²) in [5.74, 6) is -1.59. The quantitative estimate of drug-likeness (QED) is 0.802. The van der Waals surface area contributed by atoms with Crippen molar-refractivity contribution in [2.45, 2.75) is 10.4 Å². The Bertz CT molecular complexity index is 845. The zero-order valence-electron chi connectivity index (χ0n) is 11.7. The van der Waals surface area contributed by atoms with Crippen molar-refractivity contribution < 1.29 is 36.2 Å². The molecule has 0 aliphatic carbocycles. The number of carboxylic acid groups (broad SMARTS) is 1. The van der Waals surface area contributed by atoms with E-state index in [0.29, 0.717) is 11.3 Å². The maximum Gasteiger partial charge on any atom is 0.422 e. The average molecular weight is 381 g/mol. The van der Waals surface area contributed by atoms with Gasteiger partial charge in [0.1, 0.15) is 9.96 Å². The van der Waals surface area contributed by atoms with Gasteiger partial charge in [-0.25, -0.2) is 13.2 Å². The van der Waals surface area contributed by atoms with Crippen molar-refractivity contribution in [2.75, 3.05) is 11.3 Å². The third-order valence-corrected chi connectivity index (χ3v) is 5.42. The summed E-state index contributed by atoms with van der Waals surface area (Å²) in [6, 6.07) is 6.16. The largest absolute Gasteiger partial charge is 0.482 e. The van der Waals surface area contributed by atoms with E-state index in [1.165, 1.54) is 24.3 Å². The van der Waals surface area contributed by atoms with Gasteiger partial charge in [0.25, 0.3) is 10.0 Å². The first kappa shape index (κ1) is 18.1. The van der Waals surface area contributed by atoms with Gasteiger partial charge in [0, 0.05) is 5.38 Å². The number of hydrogen-bond acceptors (Lipinski definition) is 5. The summed E-state index contributed by atoms with van der Waals surface area (Å²) in [6.07, 6.45) is -4.57. The Kier molecular flexibility index (Phi) is 5.04. The van der Waals surface area contributed by atoms with Gasteiger partial charge in [-0.15, -0.1) is 11.3 Å². The second-order valence-corrected chi connectivity index (χ2v) is 7.29. The number of carboxylic acids is 1. The number of ether oxygens (including phenoxy) is 1. The number of benzene rings is 1. The third kappa shape index (κ3) is 4.61. The smallest absolute Gasteiger partial charge is 0.422 e. The van der Waals surface area contributed by atoms with Crippen LogP contribution in [0.5, 0.6) is 5.75 Å². The van der Waals surface area contributed by atoms with E-state index in [1.807, 2.05) is 0 Å². The summed E-state index contributed by atoms with van der Waals surface area (Å²) in [7, 11) is -4.16. The number of nitrogens with one attached hydrogen (secondary N) is 1. The van der Waals surface area contributed by atoms with Crippen LogP contribution in [0, 0.1) is 0 Å². The van der Waals surface area contributed by atoms with Crippen molar-refractivity contribution in [3.8, 4) is 5.75 Å². The molecule has 0 unspecified atom stereocenters. The van der Waals surface area contributed by atoms with Gasteiger partial charge in [0.05, 0.1) is 11.3 Å². The highest BCUT2D eigenvalue weighted by Gasteiger charge is 2.29. The van der Waals surface area contributed by atoms with E-state index < -0.39 is 28.8 Å². The molecule has 2 rings (SSSR count). The zero-order valence-corrected chi connectivity index (χ0v) is 13.3. The molecular formula is C13H10F3NO5S2. The van der Waals surface area contributed by atoms with Gasteiger partial charge in [-0.05, 0) is 18.2 Å². The summed E-state index contributed by atoms with van der Waals surface area (Å²) in [5.41, 5.74) is -0.394. The highest BCUT2D eigenvalue weighted by Crippen LogP contribution is 2.30. The summed E-state index contributed by atoms with van der Waals surface area (Å²) in [6.45, 7) is -1.58. The van der Waals surface area contributed by atoms with Gasteiger partial charge >= 0.3 is 12.1 Å². The standard InChI is InChI=1S/C13H10F3NO5S2/c14-13(15,16)7-22-10-4-2-1-3-9(10)17-24(20,21)11-5-8(6-23-11)12(18)19/h1-6,17H,7H2,(H,18,19). The number of hydrogen-bond donors (Lipinski definition) is 2. The van der Waals surface area contributed by atoms with Gasteiger partial charge in [0.2, 0.25) is 0 Å². The molecule has 0 aliphatic heterocycles. The number of carbonyl (C=O) groups is 1. The lowest BCUT2D eigenvalue weighted by atomic mass is 10.3. The predicted octanol–water partition coefficient (Wildman–Crippen LogP) is 3.19. The molecule has 24 heavy (non-hydrogen) atoms. The van der Waals surface area contributed by atoms with Crippen LogP contribution < -0.4 is 9.46 Å². The van der Waals surface area contributed by atoms with E-state index >= 15 is 0 Å². The first-order chi connectivity index (χ1) is 11.1. The maximum atomic E-state index is 12.2. The van der Waals surface area contributed by atoms with E-state index in [4.69, 9.17) is 5.11 Å². The number of halogens is 3. The molecule has 130 valence electrons. The number of alkyl halides is 3. The Morgan fingerprint density at radius 1 is 1.29 bits per heavy atom. The first-order valence-corrected chi connectivity index (χ1v) is 8.58. The fourth-order valence-electron chi connectivity index (χ4n) is 1.60. The van der Waals surface area contributed by atoms with E-state index in [1.54, 1.807) is 0 Å². The Hall–Kier alpha value is -2.27. The summed E-state index contributed by atoms with van der Waals surface area (Å²) >= 11 is 0.675. The van der Waals surface area contributed by atoms with Crippen molar-refractivity contribution in [3.63, 3.8) is 0 Å². The van der Waals surface area contributed by atoms with E-state index in [9.17, 15) is 26.4 Å². The molecule has 1 aromatic heterocycles. The van der Waals surface area contributed by atoms with Crippen LogP contribution in [-0.2, 0) is 10.0 Å². The van der Waals surface area contributed by atoms with Crippen molar-refractivity contribution in [1.82, 2.24) is 0 Å². The highest BCUT2D eigenvalue weighted by molar-refractivity contribution is 7.94. The fourth-order valence-corrected chi connectivity index (χ4v) is 3.82. The SMILES string of the molecule is O=C(O)c1csc(S(=O)(=O)Nc2ccccc2OCC(F)(F)F)c1. The summed E-state index contributed by atoms with van der Waals surface area (Å²) < 4.78 is 67.5. The van der Waals surface area contributed by atoms with E-state index in [0.717, 1.165) is 11.4 Å². The molecule has 6 nitrogen and oxygen atoms in total. The van der Waals surface area contributed by atoms with Crippen LogP contribution >= 0.6 is 11.3 Å². The number of anilines is 1. The van der Waals surface area contributed by atoms with Gasteiger partial charge in [0.15, 0.2) is 6.61 Å². The van der Waals surface area contributed by atoms with Crippen molar-refractivity contribution >= 4 is 33.0 Å². The Morgan fingerprint density at radius 3 is 2.54 bits per heavy atom. The molecule has 2 aromatic rings. The monoisotopic (exact) mass is 381 g/mol. The first-order valence-electron chi connectivity index (χ1n) is 6.22. The molecule has 2 N–H and O–H groups in total. The molecule has 0 saturated carbocycles. The molecule has 0 saturated heterocycles. The lowest BCUT2D eigenvalue weighted by Crippen LogP contribution is -2.20. The van der Waals surface area contributed by atoms with Gasteiger partial charge in [-0.1, -0.05) is 12.1 Å². The molecule has 1 heterocycles. The summed E-state index contributed by atoms with van der Waals surface area (Å²) in [5, 5.41) is 9.95. The van der Waals surface area contributed by atoms with Crippen molar-refractivity contribution in [2.24, 2.45) is 0 Å². The lowest BCUT2D eigenvalue weighted by molar-refractivity contribution is -0.153. The topological polar surface area (TPSA) is 92.7 Å². The number of thiophene rings is 1. The van der Waals surface area contributed by atoms with Gasteiger partial charge < -0.3 is 9.84 Å². The molecule has 0 spiro atoms. The zero-order chi connectivity index (χ0) is 18.0. The molecule has 0 aliphatic rings. The van der Waals surface area contributed by atoms with E-state index in [-0.39, 0.29) is 21.2 Å². The lowest BCUT2D eigenvalue weighted by Gasteiger charge is -2.14. The van der Waals surface area contributed by atoms with Crippen molar-refractivity contribution in [3.05, 3.63) is 41.3 Å². The van der Waals surface area contributed by atoms with Gasteiger partial charge in [-0.3, -0.25) is 4.72 Å². The van der Waals surface area contributed by atoms with Crippen LogP contribution in [0.1, 0.15) is 10.4 Å². The minimum absolute atomic E-state index is 0.188. The van der Waals surface area contributed by atoms with Crippen molar-refractivity contribution in [1.29, 1.82) is 0 Å². The minimum atomic E-state index is -4.57. The van der Waals surface area contributed by atoms with E-state index in [2.05, 4.69) is 9.46 Å². The number of rotatable bonds is 6. The summed E-state index contributed by atoms with van der Waals surface area (Å²) in [4.78, 5) is 10.8. The molecule has 11 heteroatoms. The Morgan fingerprint density at radius 2 is 1.96 bits per heavy atom. The maximum absolute atomic E-state index is 12.2. The average Bonchev–Trinajstić information content (AvgIpc) is 2.96. The number of sulfonamides is 1. The molecule has 0 fully saturated rings.